The number of para-hydroxylation sites is 1. The molecule has 0 spiro atoms. The van der Waals surface area contributed by atoms with Crippen LogP contribution in [0, 0.1) is 13.8 Å². The molecule has 3 aromatic rings. The molecule has 4 rings (SSSR count). The Hall–Kier alpha value is -3.16. The highest BCUT2D eigenvalue weighted by Crippen LogP contribution is 2.24. The van der Waals surface area contributed by atoms with Crippen molar-refractivity contribution in [1.29, 1.82) is 0 Å². The van der Waals surface area contributed by atoms with Crippen LogP contribution in [0.1, 0.15) is 35.0 Å². The third-order valence-corrected chi connectivity index (χ3v) is 6.52. The van der Waals surface area contributed by atoms with Gasteiger partial charge in [-0.25, -0.2) is 4.68 Å². The number of ether oxygens (including phenoxy) is 2. The lowest BCUT2D eigenvalue weighted by Gasteiger charge is -2.35. The second kappa shape index (κ2) is 11.3. The molecule has 1 atom stereocenters. The first-order valence-corrected chi connectivity index (χ1v) is 11.9. The number of carbonyl (C=O) groups excluding carboxylic acids is 1. The molecule has 1 saturated heterocycles. The highest BCUT2D eigenvalue weighted by Gasteiger charge is 2.23. The monoisotopic (exact) mass is 462 g/mol. The normalized spacial score (nSPS) is 15.1. The van der Waals surface area contributed by atoms with Crippen molar-refractivity contribution < 1.29 is 14.3 Å². The average molecular weight is 463 g/mol. The lowest BCUT2D eigenvalue weighted by atomic mass is 10.0. The molecule has 0 bridgehead atoms. The van der Waals surface area contributed by atoms with E-state index >= 15 is 0 Å². The number of nitrogens with zero attached hydrogens (tertiary/aromatic N) is 3. The van der Waals surface area contributed by atoms with E-state index in [0.29, 0.717) is 32.6 Å². The van der Waals surface area contributed by atoms with Gasteiger partial charge in [0, 0.05) is 31.7 Å². The van der Waals surface area contributed by atoms with Crippen LogP contribution in [0.5, 0.6) is 5.75 Å². The summed E-state index contributed by atoms with van der Waals surface area (Å²) in [6.07, 6.45) is 1.10. The Bertz CT molecular complexity index is 1070. The van der Waals surface area contributed by atoms with Crippen LogP contribution < -0.4 is 10.1 Å². The zero-order valence-corrected chi connectivity index (χ0v) is 20.3. The standard InChI is InChI=1S/C27H34N4O3/c1-20-25(21(2)31(29-20)23-7-5-4-6-8-23)13-14-27(32)28-19-26(30-15-17-34-18-16-30)22-9-11-24(33-3)12-10-22/h4-12,26H,13-19H2,1-3H3,(H,28,32). The minimum absolute atomic E-state index is 0.0537. The number of hydrogen-bond acceptors (Lipinski definition) is 5. The molecule has 1 fully saturated rings. The number of methoxy groups -OCH3 is 1. The van der Waals surface area contributed by atoms with Gasteiger partial charge in [-0.1, -0.05) is 30.3 Å². The highest BCUT2D eigenvalue weighted by atomic mass is 16.5. The van der Waals surface area contributed by atoms with E-state index in [0.717, 1.165) is 41.5 Å². The van der Waals surface area contributed by atoms with Gasteiger partial charge in [0.15, 0.2) is 0 Å². The summed E-state index contributed by atoms with van der Waals surface area (Å²) in [5.41, 5.74) is 5.39. The Kier molecular flexibility index (Phi) is 7.98. The summed E-state index contributed by atoms with van der Waals surface area (Å²) in [4.78, 5) is 15.2. The van der Waals surface area contributed by atoms with Crippen molar-refractivity contribution in [2.75, 3.05) is 40.0 Å². The molecule has 1 N–H and O–H groups in total. The summed E-state index contributed by atoms with van der Waals surface area (Å²) in [5, 5.41) is 7.88. The van der Waals surface area contributed by atoms with Crippen molar-refractivity contribution in [3.63, 3.8) is 0 Å². The van der Waals surface area contributed by atoms with E-state index in [-0.39, 0.29) is 11.9 Å². The topological polar surface area (TPSA) is 68.6 Å². The lowest BCUT2D eigenvalue weighted by Crippen LogP contribution is -2.43. The predicted molar refractivity (Wildman–Crippen MR) is 132 cm³/mol. The van der Waals surface area contributed by atoms with Crippen LogP contribution in [0.3, 0.4) is 0 Å². The summed E-state index contributed by atoms with van der Waals surface area (Å²) in [6.45, 7) is 7.77. The molecule has 1 aromatic heterocycles. The molecule has 0 radical (unpaired) electrons. The summed E-state index contributed by atoms with van der Waals surface area (Å²) in [5.74, 6) is 0.883. The van der Waals surface area contributed by atoms with Crippen LogP contribution >= 0.6 is 0 Å². The third kappa shape index (κ3) is 5.66. The maximum Gasteiger partial charge on any atom is 0.220 e. The number of rotatable bonds is 9. The number of aromatic nitrogens is 2. The molecule has 1 aliphatic rings. The summed E-state index contributed by atoms with van der Waals surface area (Å²) in [7, 11) is 1.67. The molecule has 7 nitrogen and oxygen atoms in total. The SMILES string of the molecule is COc1ccc(C(CNC(=O)CCc2c(C)nn(-c3ccccc3)c2C)N2CCOCC2)cc1. The zero-order valence-electron chi connectivity index (χ0n) is 20.3. The van der Waals surface area contributed by atoms with Gasteiger partial charge in [-0.05, 0) is 55.7 Å². The smallest absolute Gasteiger partial charge is 0.220 e. The van der Waals surface area contributed by atoms with Crippen molar-refractivity contribution in [2.45, 2.75) is 32.7 Å². The second-order valence-electron chi connectivity index (χ2n) is 8.64. The Morgan fingerprint density at radius 2 is 1.79 bits per heavy atom. The third-order valence-electron chi connectivity index (χ3n) is 6.52. The first-order valence-electron chi connectivity index (χ1n) is 11.9. The van der Waals surface area contributed by atoms with Gasteiger partial charge in [0.2, 0.25) is 5.91 Å². The van der Waals surface area contributed by atoms with Crippen molar-refractivity contribution in [1.82, 2.24) is 20.0 Å². The maximum atomic E-state index is 12.8. The summed E-state index contributed by atoms with van der Waals surface area (Å²) >= 11 is 0. The van der Waals surface area contributed by atoms with Gasteiger partial charge in [0.25, 0.3) is 0 Å². The Balaban J connectivity index is 1.39. The fourth-order valence-corrected chi connectivity index (χ4v) is 4.57. The minimum atomic E-state index is 0.0537. The average Bonchev–Trinajstić information content (AvgIpc) is 3.17. The van der Waals surface area contributed by atoms with Gasteiger partial charge in [-0.2, -0.15) is 5.10 Å². The predicted octanol–water partition coefficient (Wildman–Crippen LogP) is 3.62. The van der Waals surface area contributed by atoms with E-state index < -0.39 is 0 Å². The fraction of sp³-hybridized carbons (Fsp3) is 0.407. The van der Waals surface area contributed by atoms with Crippen molar-refractivity contribution in [2.24, 2.45) is 0 Å². The van der Waals surface area contributed by atoms with E-state index in [1.54, 1.807) is 7.11 Å². The van der Waals surface area contributed by atoms with Gasteiger partial charge in [-0.3, -0.25) is 9.69 Å². The van der Waals surface area contributed by atoms with Crippen molar-refractivity contribution in [3.8, 4) is 11.4 Å². The zero-order chi connectivity index (χ0) is 23.9. The molecular formula is C27H34N4O3. The summed E-state index contributed by atoms with van der Waals surface area (Å²) < 4.78 is 12.8. The molecular weight excluding hydrogens is 428 g/mol. The molecule has 180 valence electrons. The van der Waals surface area contributed by atoms with Gasteiger partial charge in [0.05, 0.1) is 37.7 Å². The van der Waals surface area contributed by atoms with Crippen LogP contribution in [0.4, 0.5) is 0 Å². The first kappa shape index (κ1) is 24.0. The van der Waals surface area contributed by atoms with Crippen molar-refractivity contribution >= 4 is 5.91 Å². The van der Waals surface area contributed by atoms with Gasteiger partial charge < -0.3 is 14.8 Å². The molecule has 0 saturated carbocycles. The number of morpholine rings is 1. The number of nitrogens with one attached hydrogen (secondary N) is 1. The van der Waals surface area contributed by atoms with E-state index in [9.17, 15) is 4.79 Å². The first-order chi connectivity index (χ1) is 16.6. The quantitative estimate of drug-likeness (QED) is 0.526. The molecule has 0 aliphatic carbocycles. The molecule has 2 aromatic carbocycles. The second-order valence-corrected chi connectivity index (χ2v) is 8.64. The van der Waals surface area contributed by atoms with Gasteiger partial charge >= 0.3 is 0 Å². The molecule has 1 amide bonds. The van der Waals surface area contributed by atoms with Crippen LogP contribution in [0.2, 0.25) is 0 Å². The van der Waals surface area contributed by atoms with Crippen LogP contribution in [0.25, 0.3) is 5.69 Å². The Labute approximate surface area is 201 Å². The minimum Gasteiger partial charge on any atom is -0.497 e. The molecule has 2 heterocycles. The van der Waals surface area contributed by atoms with E-state index in [4.69, 9.17) is 14.6 Å². The molecule has 34 heavy (non-hydrogen) atoms. The number of hydrogen-bond donors (Lipinski definition) is 1. The number of aryl methyl sites for hydroxylation is 1. The van der Waals surface area contributed by atoms with Crippen molar-refractivity contribution in [3.05, 3.63) is 77.1 Å². The molecule has 1 unspecified atom stereocenters. The highest BCUT2D eigenvalue weighted by molar-refractivity contribution is 5.76. The van der Waals surface area contributed by atoms with E-state index in [2.05, 4.69) is 29.3 Å². The molecule has 7 heteroatoms. The van der Waals surface area contributed by atoms with Gasteiger partial charge in [-0.15, -0.1) is 0 Å². The van der Waals surface area contributed by atoms with Gasteiger partial charge in [0.1, 0.15) is 5.75 Å². The van der Waals surface area contributed by atoms with E-state index in [1.807, 2.05) is 54.1 Å². The number of carbonyl (C=O) groups is 1. The van der Waals surface area contributed by atoms with Crippen LogP contribution in [0.15, 0.2) is 54.6 Å². The fourth-order valence-electron chi connectivity index (χ4n) is 4.57. The lowest BCUT2D eigenvalue weighted by molar-refractivity contribution is -0.121. The van der Waals surface area contributed by atoms with Crippen LogP contribution in [-0.4, -0.2) is 60.5 Å². The maximum absolute atomic E-state index is 12.8. The van der Waals surface area contributed by atoms with Crippen LogP contribution in [-0.2, 0) is 16.0 Å². The summed E-state index contributed by atoms with van der Waals surface area (Å²) in [6, 6.07) is 18.3. The Morgan fingerprint density at radius 3 is 2.47 bits per heavy atom. The Morgan fingerprint density at radius 1 is 1.09 bits per heavy atom. The number of amides is 1. The molecule has 1 aliphatic heterocycles. The largest absolute Gasteiger partial charge is 0.497 e. The van der Waals surface area contributed by atoms with E-state index in [1.165, 1.54) is 5.56 Å². The number of benzene rings is 2.